The van der Waals surface area contributed by atoms with Crippen molar-refractivity contribution in [3.8, 4) is 0 Å². The topological polar surface area (TPSA) is 459 Å². The van der Waals surface area contributed by atoms with E-state index in [0.717, 1.165) is 108 Å². The van der Waals surface area contributed by atoms with Crippen molar-refractivity contribution in [2.45, 2.75) is 315 Å². The molecule has 1 unspecified atom stereocenters. The second-order valence-corrected chi connectivity index (χ2v) is 33.9. The zero-order valence-corrected chi connectivity index (χ0v) is 73.6. The first-order chi connectivity index (χ1) is 54.0. The van der Waals surface area contributed by atoms with Crippen LogP contribution in [0.5, 0.6) is 0 Å². The van der Waals surface area contributed by atoms with Gasteiger partial charge in [0.25, 0.3) is 0 Å². The molecule has 1 aromatic rings. The van der Waals surface area contributed by atoms with Gasteiger partial charge in [-0.15, -0.1) is 0 Å². The number of aromatic nitrogens is 2. The number of fused-ring (bicyclic) bond motifs is 1. The molecule has 36 heteroatoms. The number of ether oxygens (including phenoxy) is 6. The summed E-state index contributed by atoms with van der Waals surface area (Å²) in [5, 5.41) is 18.4. The second-order valence-electron chi connectivity index (χ2n) is 31.1. The Morgan fingerprint density at radius 2 is 1.03 bits per heavy atom. The standard InChI is InChI=1S/C17H24N4O3.C14H29O5P.C12H22O2.C10H19NO2.C8H14O2.C6H9NO.C4H7O4P.C4H10O.4CO2/c1-16(2,3)24-15(23)19-8-9-21-13(11-19)12(10-18-21)20-7-6-17(4-5-17)14(20)22;1-7-12(20(16,17-8-2)18-9-3)10-11-13(15)19-14(4,5)6;1-5-12(8-9-12)7-6-10(13)14-11(2,3)4;1-3-10(5-6-10)7-8-11-9(12)13-4-2;1-2-8(5-6-8)4-3-7(9)10;8-5-6(1-2-6)3-4-7-5;1-2-7-4(5)3-8-9-6;1-3-5-4-2;4*2-1-3/h10H,4-9,11H2,1-3H3;12H,7-11H2,1-6H3;5-9H2,1-4H3;3-8H2,1-2H3,(H,11,12);2-6H2,1H3,(H,9,10);1-4H2,(H,7,8);2-3H2,1H3;3-4H2,1-2H3;;;;. The largest absolute Gasteiger partial charge is 0.481 e. The summed E-state index contributed by atoms with van der Waals surface area (Å²) in [5.41, 5.74) is 1.73. The van der Waals surface area contributed by atoms with Crippen LogP contribution < -0.4 is 15.5 Å². The molecular weight excluding hydrogens is 1540 g/mol. The minimum Gasteiger partial charge on any atom is -0.481 e. The summed E-state index contributed by atoms with van der Waals surface area (Å²) in [6.07, 6.45) is 25.1. The van der Waals surface area contributed by atoms with E-state index >= 15 is 0 Å². The number of nitrogens with one attached hydrogen (secondary N) is 2. The summed E-state index contributed by atoms with van der Waals surface area (Å²) in [7, 11) is -3.64. The first kappa shape index (κ1) is 111. The fraction of sp³-hybridized carbons (Fsp3) is 0.810. The summed E-state index contributed by atoms with van der Waals surface area (Å²) in [6, 6.07) is 0. The van der Waals surface area contributed by atoms with Crippen LogP contribution in [-0.4, -0.2) is 187 Å². The first-order valence-electron chi connectivity index (χ1n) is 39.7. The smallest absolute Gasteiger partial charge is 0.410 e. The lowest BCUT2D eigenvalue weighted by atomic mass is 9.97. The Kier molecular flexibility index (Phi) is 56.4. The molecule has 4 heterocycles. The van der Waals surface area contributed by atoms with E-state index in [-0.39, 0.29) is 89.8 Å². The number of rotatable bonds is 29. The highest BCUT2D eigenvalue weighted by Crippen LogP contribution is 2.57. The van der Waals surface area contributed by atoms with Gasteiger partial charge in [0, 0.05) is 58.7 Å². The third-order valence-corrected chi connectivity index (χ3v) is 22.4. The number of carbonyl (C=O) groups is 8. The number of carboxylic acids is 1. The predicted octanol–water partition coefficient (Wildman–Crippen LogP) is 13.7. The van der Waals surface area contributed by atoms with Gasteiger partial charge in [-0.2, -0.15) is 43.5 Å². The summed E-state index contributed by atoms with van der Waals surface area (Å²) in [6.45, 7) is 43.3. The zero-order chi connectivity index (χ0) is 88.8. The first-order valence-corrected chi connectivity index (χ1v) is 42.0. The van der Waals surface area contributed by atoms with E-state index in [4.69, 9.17) is 76.2 Å². The number of hydrogen-bond acceptors (Lipinski definition) is 28. The Morgan fingerprint density at radius 1 is 0.574 bits per heavy atom. The van der Waals surface area contributed by atoms with Crippen molar-refractivity contribution in [2.24, 2.45) is 27.1 Å². The Labute approximate surface area is 680 Å². The summed E-state index contributed by atoms with van der Waals surface area (Å²) < 4.78 is 69.0. The zero-order valence-electron chi connectivity index (χ0n) is 71.8. The number of carbonyl (C=O) groups excluding carboxylic acids is 15. The molecule has 3 aliphatic heterocycles. The van der Waals surface area contributed by atoms with Gasteiger partial charge in [0.2, 0.25) is 11.8 Å². The molecule has 4 amide bonds. The SMILES string of the molecule is CC(C)(C)OC(=O)N1CCn2ncc(N3CCC4(CC4)C3=O)c2C1.CCC1(CCC(=O)O)CC1.CCC1(CCC(=O)OC(C)(C)C)CC1.CCOC(=O)COP=O.CCOC(=O)NCCC1(CC)CC1.CCOCC.CCOP(=O)(OCC)C(CC)CCC(=O)OC(C)(C)C.O=C1NCCC12CC2.O=C=O.O=C=O.O=C=O.O=C=O. The number of aliphatic carboxylic acids is 1. The normalized spacial score (nSPS) is 16.7. The maximum absolute atomic E-state index is 12.7. The molecular formula is C79H134N6O28P2. The van der Waals surface area contributed by atoms with Gasteiger partial charge >= 0.3 is 77.0 Å². The molecule has 7 fully saturated rings. The van der Waals surface area contributed by atoms with Crippen LogP contribution in [0.15, 0.2) is 6.20 Å². The van der Waals surface area contributed by atoms with Crippen molar-refractivity contribution in [3.05, 3.63) is 11.9 Å². The highest BCUT2D eigenvalue weighted by Gasteiger charge is 2.56. The number of anilines is 1. The maximum Gasteiger partial charge on any atom is 0.410 e. The van der Waals surface area contributed by atoms with Crippen LogP contribution in [0.25, 0.3) is 0 Å². The van der Waals surface area contributed by atoms with Crippen molar-refractivity contribution in [2.75, 3.05) is 77.3 Å². The molecule has 1 aromatic heterocycles. The summed E-state index contributed by atoms with van der Waals surface area (Å²) in [4.78, 5) is 159. The van der Waals surface area contributed by atoms with Crippen molar-refractivity contribution in [3.63, 3.8) is 0 Å². The maximum atomic E-state index is 12.7. The lowest BCUT2D eigenvalue weighted by Crippen LogP contribution is -2.42. The number of carboxylic acid groups (broad SMARTS) is 1. The predicted molar refractivity (Wildman–Crippen MR) is 417 cm³/mol. The molecule has 8 aliphatic rings. The van der Waals surface area contributed by atoms with E-state index < -0.39 is 39.4 Å². The Bertz CT molecular complexity index is 3180. The Hall–Kier alpha value is -7.74. The molecule has 115 heavy (non-hydrogen) atoms. The van der Waals surface area contributed by atoms with Gasteiger partial charge in [-0.1, -0.05) is 47.0 Å². The third kappa shape index (κ3) is 49.8. The second kappa shape index (κ2) is 58.2. The Balaban J connectivity index is -0.00000126. The molecule has 0 radical (unpaired) electrons. The molecule has 658 valence electrons. The summed E-state index contributed by atoms with van der Waals surface area (Å²) >= 11 is 0. The lowest BCUT2D eigenvalue weighted by molar-refractivity contribution is -0.193. The lowest BCUT2D eigenvalue weighted by Gasteiger charge is -2.31. The van der Waals surface area contributed by atoms with Crippen molar-refractivity contribution >= 4 is 94.5 Å². The molecule has 2 saturated heterocycles. The number of hydrogen-bond donors (Lipinski definition) is 3. The average Bonchev–Trinajstić information content (AvgIpc) is 1.58. The van der Waals surface area contributed by atoms with Crippen LogP contribution in [0.2, 0.25) is 0 Å². The van der Waals surface area contributed by atoms with Crippen molar-refractivity contribution < 1.29 is 133 Å². The number of alkyl carbamates (subject to hydrolysis) is 1. The van der Waals surface area contributed by atoms with E-state index in [2.05, 4.69) is 45.8 Å². The van der Waals surface area contributed by atoms with Gasteiger partial charge < -0.3 is 63.0 Å². The van der Waals surface area contributed by atoms with Gasteiger partial charge in [0.05, 0.1) is 73.6 Å². The molecule has 5 saturated carbocycles. The monoisotopic (exact) mass is 1680 g/mol. The number of esters is 3. The number of nitrogens with zero attached hydrogens (tertiary/aromatic N) is 4. The van der Waals surface area contributed by atoms with Crippen molar-refractivity contribution in [1.82, 2.24) is 25.3 Å². The van der Waals surface area contributed by atoms with Gasteiger partial charge in [0.15, 0.2) is 6.61 Å². The minimum absolute atomic E-state index is 0.0442. The molecule has 0 aromatic carbocycles. The van der Waals surface area contributed by atoms with Gasteiger partial charge in [-0.3, -0.25) is 37.7 Å². The highest BCUT2D eigenvalue weighted by molar-refractivity contribution is 7.54. The van der Waals surface area contributed by atoms with E-state index in [1.54, 1.807) is 31.9 Å². The van der Waals surface area contributed by atoms with E-state index in [0.29, 0.717) is 93.9 Å². The van der Waals surface area contributed by atoms with Gasteiger partial charge in [-0.25, -0.2) is 18.9 Å². The third-order valence-electron chi connectivity index (χ3n) is 19.4. The van der Waals surface area contributed by atoms with E-state index in [1.807, 2.05) is 99.6 Å². The van der Waals surface area contributed by atoms with E-state index in [9.17, 15) is 47.5 Å². The molecule has 5 aliphatic carbocycles. The van der Waals surface area contributed by atoms with Crippen LogP contribution in [0.4, 0.5) is 15.3 Å². The quantitative estimate of drug-likeness (QED) is 0.0381. The van der Waals surface area contributed by atoms with Crippen molar-refractivity contribution in [1.29, 1.82) is 0 Å². The molecule has 1 atom stereocenters. The average molecular weight is 1680 g/mol. The fourth-order valence-corrected chi connectivity index (χ4v) is 14.2. The molecule has 2 spiro atoms. The Morgan fingerprint density at radius 3 is 1.37 bits per heavy atom. The van der Waals surface area contributed by atoms with Crippen LogP contribution in [0.1, 0.15) is 285 Å². The summed E-state index contributed by atoms with van der Waals surface area (Å²) in [5.74, 6) is -0.946. The van der Waals surface area contributed by atoms with Gasteiger partial charge in [0.1, 0.15) is 16.8 Å². The number of amides is 4. The van der Waals surface area contributed by atoms with Crippen LogP contribution in [0.3, 0.4) is 0 Å². The van der Waals surface area contributed by atoms with Crippen LogP contribution in [0, 0.1) is 27.1 Å². The van der Waals surface area contributed by atoms with E-state index in [1.165, 1.54) is 51.4 Å². The molecule has 9 rings (SSSR count). The minimum atomic E-state index is -3.14. The van der Waals surface area contributed by atoms with Crippen LogP contribution in [-0.2, 0) is 131 Å². The molecule has 3 N–H and O–H groups in total. The molecule has 34 nitrogen and oxygen atoms in total. The van der Waals surface area contributed by atoms with Crippen LogP contribution >= 0.6 is 16.3 Å². The van der Waals surface area contributed by atoms with Gasteiger partial charge in [-0.05, 0) is 229 Å². The fourth-order valence-electron chi connectivity index (χ4n) is 11.9. The highest BCUT2D eigenvalue weighted by atomic mass is 31.2. The molecule has 0 bridgehead atoms.